The quantitative estimate of drug-likeness (QED) is 0.767. The average molecular weight is 185 g/mol. The second-order valence-electron chi connectivity index (χ2n) is 3.11. The van der Waals surface area contributed by atoms with Crippen LogP contribution in [-0.4, -0.2) is 16.7 Å². The number of nitrogens with two attached hydrogens (primary N) is 1. The molecule has 1 rings (SSSR count). The highest BCUT2D eigenvalue weighted by Crippen LogP contribution is 2.23. The Bertz CT molecular complexity index is 260. The predicted octanol–water partition coefficient (Wildman–Crippen LogP) is 1.39. The van der Waals surface area contributed by atoms with Crippen molar-refractivity contribution < 1.29 is 9.26 Å². The highest BCUT2D eigenvalue weighted by molar-refractivity contribution is 5.08. The van der Waals surface area contributed by atoms with E-state index in [0.29, 0.717) is 18.3 Å². The summed E-state index contributed by atoms with van der Waals surface area (Å²) in [6.07, 6.45) is -0.133. The third kappa shape index (κ3) is 2.42. The van der Waals surface area contributed by atoms with Crippen LogP contribution in [0.3, 0.4) is 0 Å². The summed E-state index contributed by atoms with van der Waals surface area (Å²) in [6.45, 7) is 6.62. The lowest BCUT2D eigenvalue weighted by molar-refractivity contribution is 0.0217. The van der Waals surface area contributed by atoms with Gasteiger partial charge in [-0.15, -0.1) is 0 Å². The van der Waals surface area contributed by atoms with Crippen molar-refractivity contribution in [1.29, 1.82) is 0 Å². The largest absolute Gasteiger partial charge is 0.370 e. The molecule has 1 atom stereocenters. The highest BCUT2D eigenvalue weighted by Gasteiger charge is 2.21. The summed E-state index contributed by atoms with van der Waals surface area (Å²) >= 11 is 0. The fourth-order valence-electron chi connectivity index (χ4n) is 1.11. The first-order valence-electron chi connectivity index (χ1n) is 4.35. The molecule has 0 aliphatic carbocycles. The van der Waals surface area contributed by atoms with Crippen molar-refractivity contribution in [3.8, 4) is 0 Å². The first-order valence-corrected chi connectivity index (χ1v) is 4.35. The van der Waals surface area contributed by atoms with Crippen molar-refractivity contribution in [3.63, 3.8) is 0 Å². The van der Waals surface area contributed by atoms with E-state index in [0.717, 1.165) is 0 Å². The Kier molecular flexibility index (Phi) is 3.25. The molecule has 0 saturated heterocycles. The van der Waals surface area contributed by atoms with Crippen LogP contribution in [0.2, 0.25) is 0 Å². The maximum absolute atomic E-state index is 5.46. The number of nitrogen functional groups attached to an aromatic ring is 1. The highest BCUT2D eigenvalue weighted by atomic mass is 16.5. The van der Waals surface area contributed by atoms with Gasteiger partial charge in [-0.3, -0.25) is 0 Å². The molecule has 74 valence electrons. The van der Waals surface area contributed by atoms with E-state index in [1.807, 2.05) is 20.8 Å². The van der Waals surface area contributed by atoms with Crippen molar-refractivity contribution in [2.45, 2.75) is 26.9 Å². The molecule has 5 nitrogen and oxygen atoms in total. The Balaban J connectivity index is 2.75. The van der Waals surface area contributed by atoms with Gasteiger partial charge in [-0.05, 0) is 12.8 Å². The molecule has 1 aromatic rings. The molecule has 0 aliphatic rings. The molecule has 0 bridgehead atoms. The molecular formula is C8H15N3O2. The lowest BCUT2D eigenvalue weighted by Gasteiger charge is -2.16. The Labute approximate surface area is 77.3 Å². The zero-order valence-corrected chi connectivity index (χ0v) is 8.15. The van der Waals surface area contributed by atoms with E-state index < -0.39 is 0 Å². The SMILES string of the molecule is CCOC(c1noc(N)n1)C(C)C. The second-order valence-corrected chi connectivity index (χ2v) is 3.11. The van der Waals surface area contributed by atoms with Crippen molar-refractivity contribution in [1.82, 2.24) is 10.1 Å². The molecule has 1 heterocycles. The van der Waals surface area contributed by atoms with Crippen LogP contribution in [0.15, 0.2) is 4.52 Å². The van der Waals surface area contributed by atoms with Gasteiger partial charge in [-0.25, -0.2) is 0 Å². The van der Waals surface area contributed by atoms with Gasteiger partial charge in [0.15, 0.2) is 0 Å². The zero-order chi connectivity index (χ0) is 9.84. The molecule has 2 N–H and O–H groups in total. The molecule has 1 aromatic heterocycles. The summed E-state index contributed by atoms with van der Waals surface area (Å²) in [5.41, 5.74) is 5.32. The Morgan fingerprint density at radius 2 is 2.23 bits per heavy atom. The Morgan fingerprint density at radius 3 is 2.62 bits per heavy atom. The van der Waals surface area contributed by atoms with Crippen LogP contribution in [0.1, 0.15) is 32.7 Å². The van der Waals surface area contributed by atoms with Crippen molar-refractivity contribution in [3.05, 3.63) is 5.82 Å². The van der Waals surface area contributed by atoms with E-state index in [1.165, 1.54) is 0 Å². The van der Waals surface area contributed by atoms with Gasteiger partial charge < -0.3 is 15.0 Å². The molecule has 0 fully saturated rings. The molecule has 1 unspecified atom stereocenters. The average Bonchev–Trinajstić information content (AvgIpc) is 2.46. The van der Waals surface area contributed by atoms with Gasteiger partial charge in [-0.1, -0.05) is 19.0 Å². The summed E-state index contributed by atoms with van der Waals surface area (Å²) in [6, 6.07) is 0.0837. The normalized spacial score (nSPS) is 13.5. The number of ether oxygens (including phenoxy) is 1. The summed E-state index contributed by atoms with van der Waals surface area (Å²) in [5.74, 6) is 0.825. The third-order valence-electron chi connectivity index (χ3n) is 1.66. The van der Waals surface area contributed by atoms with Crippen LogP contribution in [0.5, 0.6) is 0 Å². The lowest BCUT2D eigenvalue weighted by atomic mass is 10.1. The monoisotopic (exact) mass is 185 g/mol. The molecule has 0 aromatic carbocycles. The van der Waals surface area contributed by atoms with E-state index in [1.54, 1.807) is 0 Å². The van der Waals surface area contributed by atoms with E-state index >= 15 is 0 Å². The molecule has 13 heavy (non-hydrogen) atoms. The fraction of sp³-hybridized carbons (Fsp3) is 0.750. The Morgan fingerprint density at radius 1 is 1.54 bits per heavy atom. The summed E-state index contributed by atoms with van der Waals surface area (Å²) in [7, 11) is 0. The molecule has 0 amide bonds. The van der Waals surface area contributed by atoms with Crippen molar-refractivity contribution >= 4 is 6.01 Å². The van der Waals surface area contributed by atoms with Gasteiger partial charge in [-0.2, -0.15) is 4.98 Å². The lowest BCUT2D eigenvalue weighted by Crippen LogP contribution is -2.12. The van der Waals surface area contributed by atoms with Gasteiger partial charge in [0.1, 0.15) is 6.10 Å². The van der Waals surface area contributed by atoms with Gasteiger partial charge in [0.25, 0.3) is 0 Å². The number of hydrogen-bond acceptors (Lipinski definition) is 5. The predicted molar refractivity (Wildman–Crippen MR) is 47.9 cm³/mol. The molecule has 0 spiro atoms. The van der Waals surface area contributed by atoms with Crippen LogP contribution in [0, 0.1) is 5.92 Å². The van der Waals surface area contributed by atoms with Crippen LogP contribution >= 0.6 is 0 Å². The minimum absolute atomic E-state index is 0.0837. The van der Waals surface area contributed by atoms with E-state index in [4.69, 9.17) is 10.5 Å². The van der Waals surface area contributed by atoms with Gasteiger partial charge in [0.05, 0.1) is 0 Å². The minimum atomic E-state index is -0.133. The van der Waals surface area contributed by atoms with Crippen LogP contribution < -0.4 is 5.73 Å². The molecule has 0 saturated carbocycles. The number of hydrogen-bond donors (Lipinski definition) is 1. The summed E-state index contributed by atoms with van der Waals surface area (Å²) < 4.78 is 10.1. The standard InChI is InChI=1S/C8H15N3O2/c1-4-12-6(5(2)3)7-10-8(9)13-11-7/h5-6H,4H2,1-3H3,(H2,9,10,11). The zero-order valence-electron chi connectivity index (χ0n) is 8.15. The molecule has 0 radical (unpaired) electrons. The summed E-state index contributed by atoms with van der Waals surface area (Å²) in [4.78, 5) is 3.93. The van der Waals surface area contributed by atoms with Crippen molar-refractivity contribution in [2.24, 2.45) is 5.92 Å². The van der Waals surface area contributed by atoms with E-state index in [9.17, 15) is 0 Å². The third-order valence-corrected chi connectivity index (χ3v) is 1.66. The maximum atomic E-state index is 5.46. The maximum Gasteiger partial charge on any atom is 0.318 e. The number of aromatic nitrogens is 2. The molecule has 0 aliphatic heterocycles. The van der Waals surface area contributed by atoms with Gasteiger partial charge >= 0.3 is 6.01 Å². The van der Waals surface area contributed by atoms with Crippen molar-refractivity contribution in [2.75, 3.05) is 12.3 Å². The summed E-state index contributed by atoms with van der Waals surface area (Å²) in [5, 5.41) is 3.72. The van der Waals surface area contributed by atoms with Gasteiger partial charge in [0, 0.05) is 6.61 Å². The molecule has 5 heteroatoms. The van der Waals surface area contributed by atoms with Crippen LogP contribution in [0.4, 0.5) is 6.01 Å². The van der Waals surface area contributed by atoms with E-state index in [2.05, 4.69) is 14.7 Å². The Hall–Kier alpha value is -1.10. The van der Waals surface area contributed by atoms with E-state index in [-0.39, 0.29) is 12.1 Å². The molecular weight excluding hydrogens is 170 g/mol. The number of anilines is 1. The second kappa shape index (κ2) is 4.23. The smallest absolute Gasteiger partial charge is 0.318 e. The number of nitrogens with zero attached hydrogens (tertiary/aromatic N) is 2. The first kappa shape index (κ1) is 9.98. The number of rotatable bonds is 4. The topological polar surface area (TPSA) is 74.2 Å². The van der Waals surface area contributed by atoms with Crippen LogP contribution in [0.25, 0.3) is 0 Å². The van der Waals surface area contributed by atoms with Crippen LogP contribution in [-0.2, 0) is 4.74 Å². The first-order chi connectivity index (χ1) is 6.15. The minimum Gasteiger partial charge on any atom is -0.370 e. The van der Waals surface area contributed by atoms with Gasteiger partial charge in [0.2, 0.25) is 5.82 Å². The fourth-order valence-corrected chi connectivity index (χ4v) is 1.11.